The lowest BCUT2D eigenvalue weighted by Gasteiger charge is -2.20. The molecule has 0 saturated carbocycles. The summed E-state index contributed by atoms with van der Waals surface area (Å²) >= 11 is 5.90. The van der Waals surface area contributed by atoms with Gasteiger partial charge in [-0.3, -0.25) is 4.79 Å². The Morgan fingerprint density at radius 1 is 1.55 bits per heavy atom. The molecular formula is C11H14ClF3N4O. The van der Waals surface area contributed by atoms with Crippen LogP contribution in [0.25, 0.3) is 0 Å². The molecule has 1 fully saturated rings. The maximum Gasteiger partial charge on any atom is 0.408 e. The molecule has 1 saturated heterocycles. The SMILES string of the molecule is CNC1CCN(c2cnn(CC(F)(F)F)c(=O)c2Cl)C1. The number of rotatable bonds is 3. The van der Waals surface area contributed by atoms with Crippen molar-refractivity contribution in [3.8, 4) is 0 Å². The molecule has 1 unspecified atom stereocenters. The predicted octanol–water partition coefficient (Wildman–Crippen LogP) is 1.26. The maximum atomic E-state index is 12.3. The fourth-order valence-electron chi connectivity index (χ4n) is 2.17. The van der Waals surface area contributed by atoms with Gasteiger partial charge in [0.1, 0.15) is 11.6 Å². The lowest BCUT2D eigenvalue weighted by atomic mass is 10.3. The Labute approximate surface area is 118 Å². The third-order valence-corrected chi connectivity index (χ3v) is 3.59. The first kappa shape index (κ1) is 15.1. The van der Waals surface area contributed by atoms with Crippen molar-refractivity contribution >= 4 is 17.3 Å². The fourth-order valence-corrected chi connectivity index (χ4v) is 2.44. The van der Waals surface area contributed by atoms with Crippen molar-refractivity contribution in [1.82, 2.24) is 15.1 Å². The first-order chi connectivity index (χ1) is 9.31. The molecule has 112 valence electrons. The lowest BCUT2D eigenvalue weighted by molar-refractivity contribution is -0.143. The predicted molar refractivity (Wildman–Crippen MR) is 69.2 cm³/mol. The standard InChI is InChI=1S/C11H14ClF3N4O/c1-16-7-2-3-18(5-7)8-4-17-19(6-11(13,14)15)10(20)9(8)12/h4,7,16H,2-3,5-6H2,1H3. The summed E-state index contributed by atoms with van der Waals surface area (Å²) in [7, 11) is 1.83. The normalized spacial score (nSPS) is 19.6. The highest BCUT2D eigenvalue weighted by molar-refractivity contribution is 6.33. The average molecular weight is 311 g/mol. The zero-order valence-corrected chi connectivity index (χ0v) is 11.5. The van der Waals surface area contributed by atoms with Gasteiger partial charge in [0.15, 0.2) is 0 Å². The molecule has 9 heteroatoms. The van der Waals surface area contributed by atoms with E-state index < -0.39 is 18.3 Å². The van der Waals surface area contributed by atoms with Crippen LogP contribution in [-0.2, 0) is 6.54 Å². The van der Waals surface area contributed by atoms with Gasteiger partial charge in [0, 0.05) is 19.1 Å². The van der Waals surface area contributed by atoms with E-state index in [2.05, 4.69) is 10.4 Å². The van der Waals surface area contributed by atoms with Crippen LogP contribution in [0.5, 0.6) is 0 Å². The number of nitrogens with one attached hydrogen (secondary N) is 1. The highest BCUT2D eigenvalue weighted by atomic mass is 35.5. The summed E-state index contributed by atoms with van der Waals surface area (Å²) in [6.45, 7) is -0.124. The summed E-state index contributed by atoms with van der Waals surface area (Å²) in [4.78, 5) is 13.6. The zero-order valence-electron chi connectivity index (χ0n) is 10.7. The van der Waals surface area contributed by atoms with Crippen LogP contribution in [0.4, 0.5) is 18.9 Å². The van der Waals surface area contributed by atoms with Crippen molar-refractivity contribution < 1.29 is 13.2 Å². The van der Waals surface area contributed by atoms with Gasteiger partial charge in [0.25, 0.3) is 5.56 Å². The smallest absolute Gasteiger partial charge is 0.367 e. The van der Waals surface area contributed by atoms with Crippen molar-refractivity contribution in [2.45, 2.75) is 25.2 Å². The quantitative estimate of drug-likeness (QED) is 0.913. The van der Waals surface area contributed by atoms with Crippen LogP contribution in [0.1, 0.15) is 6.42 Å². The first-order valence-corrected chi connectivity index (χ1v) is 6.44. The van der Waals surface area contributed by atoms with Crippen LogP contribution in [-0.4, -0.2) is 42.1 Å². The topological polar surface area (TPSA) is 50.2 Å². The van der Waals surface area contributed by atoms with Crippen LogP contribution in [0.2, 0.25) is 5.02 Å². The van der Waals surface area contributed by atoms with Gasteiger partial charge in [-0.25, -0.2) is 4.68 Å². The van der Waals surface area contributed by atoms with E-state index in [0.29, 0.717) is 23.5 Å². The Bertz CT molecular complexity index is 545. The summed E-state index contributed by atoms with van der Waals surface area (Å²) < 4.78 is 37.2. The Morgan fingerprint density at radius 3 is 2.80 bits per heavy atom. The molecule has 1 aliphatic heterocycles. The Hall–Kier alpha value is -1.28. The van der Waals surface area contributed by atoms with Gasteiger partial charge in [-0.05, 0) is 13.5 Å². The monoisotopic (exact) mass is 310 g/mol. The van der Waals surface area contributed by atoms with Gasteiger partial charge >= 0.3 is 6.18 Å². The van der Waals surface area contributed by atoms with Crippen molar-refractivity contribution in [3.63, 3.8) is 0 Å². The third kappa shape index (κ3) is 3.24. The number of alkyl halides is 3. The number of hydrogen-bond acceptors (Lipinski definition) is 4. The number of nitrogens with zero attached hydrogens (tertiary/aromatic N) is 3. The Kier molecular flexibility index (Phi) is 4.24. The van der Waals surface area contributed by atoms with Crippen LogP contribution >= 0.6 is 11.6 Å². The van der Waals surface area contributed by atoms with Gasteiger partial charge < -0.3 is 10.2 Å². The molecule has 1 aromatic rings. The van der Waals surface area contributed by atoms with E-state index >= 15 is 0 Å². The molecule has 1 N–H and O–H groups in total. The van der Waals surface area contributed by atoms with E-state index in [1.165, 1.54) is 6.20 Å². The van der Waals surface area contributed by atoms with E-state index in [9.17, 15) is 18.0 Å². The minimum atomic E-state index is -4.51. The molecule has 2 heterocycles. The molecule has 0 radical (unpaired) electrons. The average Bonchev–Trinajstić information content (AvgIpc) is 2.82. The van der Waals surface area contributed by atoms with Gasteiger partial charge in [-0.2, -0.15) is 18.3 Å². The summed E-state index contributed by atoms with van der Waals surface area (Å²) in [6, 6.07) is 0.267. The van der Waals surface area contributed by atoms with E-state index in [4.69, 9.17) is 11.6 Å². The zero-order chi connectivity index (χ0) is 14.9. The summed E-state index contributed by atoms with van der Waals surface area (Å²) in [5, 5.41) is 6.44. The second-order valence-electron chi connectivity index (χ2n) is 4.64. The van der Waals surface area contributed by atoms with E-state index in [-0.39, 0.29) is 11.1 Å². The number of hydrogen-bond donors (Lipinski definition) is 1. The Morgan fingerprint density at radius 2 is 2.25 bits per heavy atom. The van der Waals surface area contributed by atoms with E-state index in [1.54, 1.807) is 0 Å². The van der Waals surface area contributed by atoms with Crippen LogP contribution in [0.15, 0.2) is 11.0 Å². The van der Waals surface area contributed by atoms with E-state index in [1.807, 2.05) is 11.9 Å². The molecule has 0 amide bonds. The minimum Gasteiger partial charge on any atom is -0.367 e. The van der Waals surface area contributed by atoms with Crippen LogP contribution in [0.3, 0.4) is 0 Å². The van der Waals surface area contributed by atoms with Gasteiger partial charge in [0.05, 0.1) is 11.9 Å². The molecule has 2 rings (SSSR count). The van der Waals surface area contributed by atoms with Crippen LogP contribution in [0, 0.1) is 0 Å². The molecule has 0 aliphatic carbocycles. The molecule has 0 spiro atoms. The summed E-state index contributed by atoms with van der Waals surface area (Å²) in [6.07, 6.45) is -2.42. The number of halogens is 4. The fraction of sp³-hybridized carbons (Fsp3) is 0.636. The molecule has 5 nitrogen and oxygen atoms in total. The lowest BCUT2D eigenvalue weighted by Crippen LogP contribution is -2.33. The van der Waals surface area contributed by atoms with E-state index in [0.717, 1.165) is 6.42 Å². The maximum absolute atomic E-state index is 12.3. The number of likely N-dealkylation sites (N-methyl/N-ethyl adjacent to an activating group) is 1. The molecule has 0 aromatic carbocycles. The van der Waals surface area contributed by atoms with Crippen molar-refractivity contribution in [2.75, 3.05) is 25.0 Å². The second kappa shape index (κ2) is 5.61. The second-order valence-corrected chi connectivity index (χ2v) is 5.02. The molecule has 0 bridgehead atoms. The number of anilines is 1. The van der Waals surface area contributed by atoms with Crippen molar-refractivity contribution in [1.29, 1.82) is 0 Å². The van der Waals surface area contributed by atoms with Gasteiger partial charge in [0.2, 0.25) is 0 Å². The molecule has 1 aromatic heterocycles. The number of aromatic nitrogens is 2. The van der Waals surface area contributed by atoms with Crippen molar-refractivity contribution in [3.05, 3.63) is 21.6 Å². The Balaban J connectivity index is 2.26. The highest BCUT2D eigenvalue weighted by Gasteiger charge is 2.30. The molecule has 1 atom stereocenters. The minimum absolute atomic E-state index is 0.221. The summed E-state index contributed by atoms with van der Waals surface area (Å²) in [5.74, 6) is 0. The highest BCUT2D eigenvalue weighted by Crippen LogP contribution is 2.25. The largest absolute Gasteiger partial charge is 0.408 e. The van der Waals surface area contributed by atoms with Gasteiger partial charge in [-0.1, -0.05) is 11.6 Å². The molecule has 20 heavy (non-hydrogen) atoms. The van der Waals surface area contributed by atoms with Gasteiger partial charge in [-0.15, -0.1) is 0 Å². The first-order valence-electron chi connectivity index (χ1n) is 6.06. The summed E-state index contributed by atoms with van der Waals surface area (Å²) in [5.41, 5.74) is -0.540. The third-order valence-electron chi connectivity index (χ3n) is 3.23. The van der Waals surface area contributed by atoms with Crippen molar-refractivity contribution in [2.24, 2.45) is 0 Å². The molecule has 1 aliphatic rings. The molecular weight excluding hydrogens is 297 g/mol. The van der Waals surface area contributed by atoms with Crippen LogP contribution < -0.4 is 15.8 Å².